The van der Waals surface area contributed by atoms with Crippen molar-refractivity contribution in [2.45, 2.75) is 58.1 Å². The number of para-hydroxylation sites is 1. The van der Waals surface area contributed by atoms with Gasteiger partial charge in [-0.2, -0.15) is 0 Å². The molecule has 0 aromatic heterocycles. The van der Waals surface area contributed by atoms with Crippen molar-refractivity contribution in [1.82, 2.24) is 9.80 Å². The Morgan fingerprint density at radius 1 is 1.28 bits per heavy atom. The predicted octanol–water partition coefficient (Wildman–Crippen LogP) is 3.71. The van der Waals surface area contributed by atoms with Crippen molar-refractivity contribution in [2.24, 2.45) is 11.8 Å². The van der Waals surface area contributed by atoms with E-state index in [-0.39, 0.29) is 11.5 Å². The van der Waals surface area contributed by atoms with E-state index in [0.717, 1.165) is 56.6 Å². The van der Waals surface area contributed by atoms with Crippen molar-refractivity contribution in [1.29, 1.82) is 0 Å². The van der Waals surface area contributed by atoms with Gasteiger partial charge in [0.2, 0.25) is 5.91 Å². The lowest BCUT2D eigenvalue weighted by molar-refractivity contribution is -0.142. The molecule has 5 heteroatoms. The first-order chi connectivity index (χ1) is 14.1. The number of benzene rings is 1. The van der Waals surface area contributed by atoms with E-state index in [2.05, 4.69) is 35.8 Å². The van der Waals surface area contributed by atoms with Gasteiger partial charge in [-0.3, -0.25) is 4.79 Å². The third kappa shape index (κ3) is 4.77. The summed E-state index contributed by atoms with van der Waals surface area (Å²) in [5.74, 6) is 2.04. The third-order valence-electron chi connectivity index (χ3n) is 6.98. The SMILES string of the molecule is CCC(C)CN1CCCC(C(=O)N2Cc3ccccc3OC3(CCOCC3)C2)C1. The Labute approximate surface area is 175 Å². The summed E-state index contributed by atoms with van der Waals surface area (Å²) in [4.78, 5) is 18.3. The van der Waals surface area contributed by atoms with Crippen molar-refractivity contribution in [3.05, 3.63) is 29.8 Å². The Hall–Kier alpha value is -1.59. The highest BCUT2D eigenvalue weighted by Gasteiger charge is 2.42. The van der Waals surface area contributed by atoms with Crippen LogP contribution in [0.25, 0.3) is 0 Å². The van der Waals surface area contributed by atoms with Gasteiger partial charge in [0.05, 0.1) is 25.7 Å². The highest BCUT2D eigenvalue weighted by atomic mass is 16.5. The number of ether oxygens (including phenoxy) is 2. The molecule has 2 atom stereocenters. The first-order valence-corrected chi connectivity index (χ1v) is 11.4. The highest BCUT2D eigenvalue weighted by Crippen LogP contribution is 2.36. The van der Waals surface area contributed by atoms with Crippen LogP contribution in [0.3, 0.4) is 0 Å². The molecule has 2 fully saturated rings. The van der Waals surface area contributed by atoms with Gasteiger partial charge in [0.25, 0.3) is 0 Å². The van der Waals surface area contributed by atoms with Crippen molar-refractivity contribution in [3.63, 3.8) is 0 Å². The number of fused-ring (bicyclic) bond motifs is 1. The van der Waals surface area contributed by atoms with Gasteiger partial charge in [0, 0.05) is 38.0 Å². The Kier molecular flexibility index (Phi) is 6.45. The van der Waals surface area contributed by atoms with Gasteiger partial charge in [-0.1, -0.05) is 38.5 Å². The van der Waals surface area contributed by atoms with Crippen molar-refractivity contribution < 1.29 is 14.3 Å². The summed E-state index contributed by atoms with van der Waals surface area (Å²) in [6, 6.07) is 8.22. The molecule has 1 aromatic carbocycles. The average molecular weight is 401 g/mol. The van der Waals surface area contributed by atoms with E-state index in [4.69, 9.17) is 9.47 Å². The molecule has 1 aromatic rings. The predicted molar refractivity (Wildman–Crippen MR) is 114 cm³/mol. The number of hydrogen-bond donors (Lipinski definition) is 0. The lowest BCUT2D eigenvalue weighted by Gasteiger charge is -2.40. The second-order valence-corrected chi connectivity index (χ2v) is 9.31. The fourth-order valence-corrected chi connectivity index (χ4v) is 5.02. The maximum Gasteiger partial charge on any atom is 0.227 e. The van der Waals surface area contributed by atoms with Gasteiger partial charge in [-0.15, -0.1) is 0 Å². The second kappa shape index (κ2) is 9.05. The highest BCUT2D eigenvalue weighted by molar-refractivity contribution is 5.79. The monoisotopic (exact) mass is 400 g/mol. The normalized spacial score (nSPS) is 25.7. The van der Waals surface area contributed by atoms with Crippen LogP contribution in [0.5, 0.6) is 5.75 Å². The van der Waals surface area contributed by atoms with E-state index in [1.54, 1.807) is 0 Å². The minimum absolute atomic E-state index is 0.106. The number of carbonyl (C=O) groups is 1. The Morgan fingerprint density at radius 3 is 2.86 bits per heavy atom. The molecule has 0 bridgehead atoms. The summed E-state index contributed by atoms with van der Waals surface area (Å²) in [6.45, 7) is 10.4. The summed E-state index contributed by atoms with van der Waals surface area (Å²) in [5, 5.41) is 0. The Bertz CT molecular complexity index is 701. The third-order valence-corrected chi connectivity index (χ3v) is 6.98. The van der Waals surface area contributed by atoms with E-state index >= 15 is 0 Å². The van der Waals surface area contributed by atoms with Crippen molar-refractivity contribution in [3.8, 4) is 5.75 Å². The van der Waals surface area contributed by atoms with Gasteiger partial charge >= 0.3 is 0 Å². The van der Waals surface area contributed by atoms with Crippen LogP contribution in [0.4, 0.5) is 0 Å². The van der Waals surface area contributed by atoms with Gasteiger partial charge in [0.15, 0.2) is 0 Å². The van der Waals surface area contributed by atoms with Crippen LogP contribution in [-0.4, -0.2) is 60.7 Å². The average Bonchev–Trinajstić information content (AvgIpc) is 2.90. The lowest BCUT2D eigenvalue weighted by Crippen LogP contribution is -2.53. The maximum absolute atomic E-state index is 13.7. The zero-order valence-corrected chi connectivity index (χ0v) is 18.1. The molecule has 0 radical (unpaired) electrons. The van der Waals surface area contributed by atoms with Crippen LogP contribution >= 0.6 is 0 Å². The van der Waals surface area contributed by atoms with Gasteiger partial charge in [-0.25, -0.2) is 0 Å². The number of nitrogens with zero attached hydrogens (tertiary/aromatic N) is 2. The minimum atomic E-state index is -0.314. The topological polar surface area (TPSA) is 42.0 Å². The molecular formula is C24H36N2O3. The number of hydrogen-bond acceptors (Lipinski definition) is 4. The van der Waals surface area contributed by atoms with Crippen molar-refractivity contribution in [2.75, 3.05) is 39.4 Å². The standard InChI is InChI=1S/C24H36N2O3/c1-3-19(2)15-25-12-6-8-21(16-25)23(27)26-17-20-7-4-5-9-22(20)29-24(18-26)10-13-28-14-11-24/h4-5,7,9,19,21H,3,6,8,10-18H2,1-2H3. The smallest absolute Gasteiger partial charge is 0.227 e. The van der Waals surface area contributed by atoms with Crippen molar-refractivity contribution >= 4 is 5.91 Å². The van der Waals surface area contributed by atoms with Crippen LogP contribution in [0, 0.1) is 11.8 Å². The van der Waals surface area contributed by atoms with Gasteiger partial charge in [0.1, 0.15) is 11.4 Å². The lowest BCUT2D eigenvalue weighted by atomic mass is 9.91. The fraction of sp³-hybridized carbons (Fsp3) is 0.708. The number of likely N-dealkylation sites (tertiary alicyclic amines) is 1. The molecular weight excluding hydrogens is 364 g/mol. The molecule has 4 rings (SSSR count). The molecule has 5 nitrogen and oxygen atoms in total. The molecule has 0 aliphatic carbocycles. The number of amides is 1. The second-order valence-electron chi connectivity index (χ2n) is 9.31. The van der Waals surface area contributed by atoms with E-state index in [0.29, 0.717) is 38.1 Å². The van der Waals surface area contributed by atoms with Crippen LogP contribution in [0.2, 0.25) is 0 Å². The zero-order chi connectivity index (χ0) is 20.3. The van der Waals surface area contributed by atoms with E-state index < -0.39 is 0 Å². The number of carbonyl (C=O) groups excluding carboxylic acids is 1. The molecule has 0 saturated carbocycles. The van der Waals surface area contributed by atoms with Crippen LogP contribution in [-0.2, 0) is 16.1 Å². The summed E-state index contributed by atoms with van der Waals surface area (Å²) in [6.07, 6.45) is 5.00. The van der Waals surface area contributed by atoms with E-state index in [1.165, 1.54) is 6.42 Å². The van der Waals surface area contributed by atoms with Gasteiger partial charge < -0.3 is 19.3 Å². The zero-order valence-electron chi connectivity index (χ0n) is 18.1. The minimum Gasteiger partial charge on any atom is -0.485 e. The first kappa shape index (κ1) is 20.7. The quantitative estimate of drug-likeness (QED) is 0.773. The van der Waals surface area contributed by atoms with Crippen LogP contribution < -0.4 is 4.74 Å². The first-order valence-electron chi connectivity index (χ1n) is 11.4. The van der Waals surface area contributed by atoms with Gasteiger partial charge in [-0.05, 0) is 31.4 Å². The molecule has 2 saturated heterocycles. The van der Waals surface area contributed by atoms with E-state index in [9.17, 15) is 4.79 Å². The summed E-state index contributed by atoms with van der Waals surface area (Å²) < 4.78 is 12.2. The van der Waals surface area contributed by atoms with Crippen LogP contribution in [0.1, 0.15) is 51.5 Å². The molecule has 1 amide bonds. The maximum atomic E-state index is 13.7. The fourth-order valence-electron chi connectivity index (χ4n) is 5.02. The summed E-state index contributed by atoms with van der Waals surface area (Å²) in [5.41, 5.74) is 0.808. The molecule has 160 valence electrons. The Balaban J connectivity index is 1.52. The largest absolute Gasteiger partial charge is 0.485 e. The summed E-state index contributed by atoms with van der Waals surface area (Å²) in [7, 11) is 0. The van der Waals surface area contributed by atoms with E-state index in [1.807, 2.05) is 12.1 Å². The molecule has 3 aliphatic rings. The summed E-state index contributed by atoms with van der Waals surface area (Å²) >= 11 is 0. The molecule has 3 heterocycles. The molecule has 3 aliphatic heterocycles. The number of rotatable bonds is 4. The molecule has 2 unspecified atom stereocenters. The Morgan fingerprint density at radius 2 is 2.07 bits per heavy atom. The molecule has 1 spiro atoms. The van der Waals surface area contributed by atoms with Crippen LogP contribution in [0.15, 0.2) is 24.3 Å². The molecule has 0 N–H and O–H groups in total. The molecule has 29 heavy (non-hydrogen) atoms. The number of piperidine rings is 1.